The maximum Gasteiger partial charge on any atom is 0.254 e. The summed E-state index contributed by atoms with van der Waals surface area (Å²) in [6, 6.07) is 24.4. The van der Waals surface area contributed by atoms with Crippen LogP contribution in [-0.2, 0) is 4.79 Å². The van der Waals surface area contributed by atoms with E-state index in [9.17, 15) is 9.59 Å². The number of aryl methyl sites for hydroxylation is 1. The Morgan fingerprint density at radius 1 is 0.972 bits per heavy atom. The van der Waals surface area contributed by atoms with Gasteiger partial charge in [-0.2, -0.15) is 0 Å². The molecule has 1 aromatic heterocycles. The Kier molecular flexibility index (Phi) is 7.49. The molecule has 36 heavy (non-hydrogen) atoms. The molecule has 2 amide bonds. The first-order valence-electron chi connectivity index (χ1n) is 11.8. The Morgan fingerprint density at radius 3 is 2.25 bits per heavy atom. The Morgan fingerprint density at radius 2 is 1.64 bits per heavy atom. The molecule has 7 nitrogen and oxygen atoms in total. The molecule has 0 atom stereocenters. The number of amides is 2. The number of imidazole rings is 1. The van der Waals surface area contributed by atoms with Crippen molar-refractivity contribution < 1.29 is 14.3 Å². The average molecular weight is 483 g/mol. The summed E-state index contributed by atoms with van der Waals surface area (Å²) in [6.45, 7) is 5.67. The number of hydrogen-bond acceptors (Lipinski definition) is 4. The highest BCUT2D eigenvalue weighted by Crippen LogP contribution is 2.26. The van der Waals surface area contributed by atoms with Crippen molar-refractivity contribution in [1.29, 1.82) is 0 Å². The van der Waals surface area contributed by atoms with Gasteiger partial charge in [0.25, 0.3) is 5.91 Å². The summed E-state index contributed by atoms with van der Waals surface area (Å²) in [7, 11) is 1.62. The van der Waals surface area contributed by atoms with Crippen molar-refractivity contribution in [2.24, 2.45) is 0 Å². The van der Waals surface area contributed by atoms with Crippen LogP contribution in [0.5, 0.6) is 5.75 Å². The highest BCUT2D eigenvalue weighted by Gasteiger charge is 2.23. The fourth-order valence-corrected chi connectivity index (χ4v) is 3.82. The second kappa shape index (κ2) is 10.9. The number of methoxy groups -OCH3 is 1. The minimum Gasteiger partial charge on any atom is -0.497 e. The van der Waals surface area contributed by atoms with Gasteiger partial charge in [0, 0.05) is 29.1 Å². The predicted molar refractivity (Wildman–Crippen MR) is 142 cm³/mol. The third-order valence-electron chi connectivity index (χ3n) is 5.87. The largest absolute Gasteiger partial charge is 0.497 e. The van der Waals surface area contributed by atoms with Gasteiger partial charge in [-0.3, -0.25) is 19.5 Å². The molecule has 4 rings (SSSR count). The number of aromatic nitrogens is 2. The smallest absolute Gasteiger partial charge is 0.254 e. The number of benzene rings is 3. The standard InChI is InChI=1S/C29H30N4O3/c1-20(2)32(28(35)23-12-10-21(3)11-13-23)19-27(34)31-29-30-26(22-14-16-25(36-4)17-15-22)18-33(29)24-8-6-5-7-9-24/h5-18,20H,19H2,1-4H3,(H,30,31,34). The van der Waals surface area contributed by atoms with E-state index in [0.29, 0.717) is 17.2 Å². The van der Waals surface area contributed by atoms with Crippen LogP contribution in [0.25, 0.3) is 16.9 Å². The lowest BCUT2D eigenvalue weighted by molar-refractivity contribution is -0.117. The van der Waals surface area contributed by atoms with Gasteiger partial charge in [-0.15, -0.1) is 0 Å². The molecular formula is C29H30N4O3. The number of nitrogens with one attached hydrogen (secondary N) is 1. The number of para-hydroxylation sites is 1. The highest BCUT2D eigenvalue weighted by molar-refractivity contribution is 5.99. The van der Waals surface area contributed by atoms with Gasteiger partial charge in [0.1, 0.15) is 12.3 Å². The molecule has 0 bridgehead atoms. The maximum absolute atomic E-state index is 13.2. The van der Waals surface area contributed by atoms with Gasteiger partial charge in [-0.25, -0.2) is 4.98 Å². The Bertz CT molecular complexity index is 1330. The molecule has 0 fully saturated rings. The molecule has 0 saturated heterocycles. The van der Waals surface area contributed by atoms with Gasteiger partial charge in [0.15, 0.2) is 0 Å². The fraction of sp³-hybridized carbons (Fsp3) is 0.207. The predicted octanol–water partition coefficient (Wildman–Crippen LogP) is 5.35. The minimum atomic E-state index is -0.326. The van der Waals surface area contributed by atoms with Gasteiger partial charge >= 0.3 is 0 Å². The van der Waals surface area contributed by atoms with E-state index in [1.807, 2.05) is 98.3 Å². The van der Waals surface area contributed by atoms with E-state index in [2.05, 4.69) is 5.32 Å². The zero-order valence-corrected chi connectivity index (χ0v) is 20.9. The lowest BCUT2D eigenvalue weighted by Crippen LogP contribution is -2.42. The second-order valence-electron chi connectivity index (χ2n) is 8.82. The van der Waals surface area contributed by atoms with Gasteiger partial charge < -0.3 is 9.64 Å². The van der Waals surface area contributed by atoms with Gasteiger partial charge in [-0.1, -0.05) is 35.9 Å². The third kappa shape index (κ3) is 5.63. The molecule has 1 heterocycles. The van der Waals surface area contributed by atoms with E-state index in [4.69, 9.17) is 9.72 Å². The molecule has 0 aliphatic carbocycles. The van der Waals surface area contributed by atoms with E-state index in [1.54, 1.807) is 24.1 Å². The number of nitrogens with zero attached hydrogens (tertiary/aromatic N) is 3. The van der Waals surface area contributed by atoms with E-state index in [0.717, 1.165) is 22.6 Å². The first-order chi connectivity index (χ1) is 17.4. The molecule has 3 aromatic carbocycles. The first-order valence-corrected chi connectivity index (χ1v) is 11.8. The maximum atomic E-state index is 13.2. The lowest BCUT2D eigenvalue weighted by Gasteiger charge is -2.26. The Hall–Kier alpha value is -4.39. The van der Waals surface area contributed by atoms with Crippen LogP contribution in [0.15, 0.2) is 85.1 Å². The minimum absolute atomic E-state index is 0.0934. The molecule has 0 spiro atoms. The fourth-order valence-electron chi connectivity index (χ4n) is 3.82. The van der Waals surface area contributed by atoms with Crippen LogP contribution in [0.1, 0.15) is 29.8 Å². The first kappa shape index (κ1) is 24.7. The van der Waals surface area contributed by atoms with Crippen LogP contribution in [0, 0.1) is 6.92 Å². The van der Waals surface area contributed by atoms with Crippen LogP contribution in [-0.4, -0.2) is 46.0 Å². The summed E-state index contributed by atoms with van der Waals surface area (Å²) in [5.74, 6) is 0.615. The Balaban J connectivity index is 1.60. The van der Waals surface area contributed by atoms with E-state index in [1.165, 1.54) is 0 Å². The molecule has 0 radical (unpaired) electrons. The number of anilines is 1. The van der Waals surface area contributed by atoms with Crippen molar-refractivity contribution in [3.63, 3.8) is 0 Å². The summed E-state index contributed by atoms with van der Waals surface area (Å²) >= 11 is 0. The van der Waals surface area contributed by atoms with Crippen molar-refractivity contribution in [3.8, 4) is 22.7 Å². The summed E-state index contributed by atoms with van der Waals surface area (Å²) in [4.78, 5) is 32.5. The zero-order chi connectivity index (χ0) is 25.7. The lowest BCUT2D eigenvalue weighted by atomic mass is 10.1. The number of hydrogen-bond donors (Lipinski definition) is 1. The van der Waals surface area contributed by atoms with Crippen LogP contribution in [0.4, 0.5) is 5.95 Å². The van der Waals surface area contributed by atoms with Gasteiger partial charge in [0.05, 0.1) is 12.8 Å². The zero-order valence-electron chi connectivity index (χ0n) is 20.9. The quantitative estimate of drug-likeness (QED) is 0.368. The number of ether oxygens (including phenoxy) is 1. The number of rotatable bonds is 8. The average Bonchev–Trinajstić information content (AvgIpc) is 3.31. The molecule has 0 aliphatic rings. The van der Waals surface area contributed by atoms with Crippen LogP contribution in [0.2, 0.25) is 0 Å². The summed E-state index contributed by atoms with van der Waals surface area (Å²) in [5, 5.41) is 2.92. The number of carbonyl (C=O) groups excluding carboxylic acids is 2. The molecule has 7 heteroatoms. The van der Waals surface area contributed by atoms with Gasteiger partial charge in [-0.05, 0) is 69.3 Å². The number of carbonyl (C=O) groups is 2. The summed E-state index contributed by atoms with van der Waals surface area (Å²) in [6.07, 6.45) is 1.88. The molecule has 0 saturated carbocycles. The molecular weight excluding hydrogens is 452 g/mol. The monoisotopic (exact) mass is 482 g/mol. The topological polar surface area (TPSA) is 76.5 Å². The second-order valence-corrected chi connectivity index (χ2v) is 8.82. The van der Waals surface area contributed by atoms with Crippen LogP contribution < -0.4 is 10.1 Å². The summed E-state index contributed by atoms with van der Waals surface area (Å²) < 4.78 is 7.09. The van der Waals surface area contributed by atoms with E-state index < -0.39 is 0 Å². The van der Waals surface area contributed by atoms with E-state index >= 15 is 0 Å². The normalized spacial score (nSPS) is 10.8. The van der Waals surface area contributed by atoms with Crippen molar-refractivity contribution in [1.82, 2.24) is 14.5 Å². The van der Waals surface area contributed by atoms with Crippen molar-refractivity contribution in [2.75, 3.05) is 19.0 Å². The van der Waals surface area contributed by atoms with Gasteiger partial charge in [0.2, 0.25) is 11.9 Å². The highest BCUT2D eigenvalue weighted by atomic mass is 16.5. The molecule has 4 aromatic rings. The van der Waals surface area contributed by atoms with Crippen LogP contribution >= 0.6 is 0 Å². The SMILES string of the molecule is COc1ccc(-c2cn(-c3ccccc3)c(NC(=O)CN(C(=O)c3ccc(C)cc3)C(C)C)n2)cc1. The van der Waals surface area contributed by atoms with Crippen molar-refractivity contribution in [2.45, 2.75) is 26.8 Å². The van der Waals surface area contributed by atoms with E-state index in [-0.39, 0.29) is 24.4 Å². The van der Waals surface area contributed by atoms with Crippen molar-refractivity contribution >= 4 is 17.8 Å². The molecule has 0 unspecified atom stereocenters. The molecule has 0 aliphatic heterocycles. The van der Waals surface area contributed by atoms with Crippen LogP contribution in [0.3, 0.4) is 0 Å². The molecule has 1 N–H and O–H groups in total. The van der Waals surface area contributed by atoms with Crippen molar-refractivity contribution in [3.05, 3.63) is 96.2 Å². The summed E-state index contributed by atoms with van der Waals surface area (Å²) in [5.41, 5.74) is 4.07. The molecule has 184 valence electrons. The Labute approximate surface area is 211 Å². The third-order valence-corrected chi connectivity index (χ3v) is 5.87.